The summed E-state index contributed by atoms with van der Waals surface area (Å²) in [6, 6.07) is 4.45. The Morgan fingerprint density at radius 1 is 1.39 bits per heavy atom. The molecule has 1 saturated carbocycles. The zero-order valence-corrected chi connectivity index (χ0v) is 12.6. The Labute approximate surface area is 132 Å². The highest BCUT2D eigenvalue weighted by atomic mass is 19.4. The smallest absolute Gasteiger partial charge is 0.416 e. The average Bonchev–Trinajstić information content (AvgIpc) is 2.46. The maximum absolute atomic E-state index is 12.6. The lowest BCUT2D eigenvalue weighted by atomic mass is 9.83. The van der Waals surface area contributed by atoms with Crippen molar-refractivity contribution in [2.24, 2.45) is 5.92 Å². The van der Waals surface area contributed by atoms with Gasteiger partial charge in [0.05, 0.1) is 5.56 Å². The molecule has 23 heavy (non-hydrogen) atoms. The number of carbonyl (C=O) groups is 1. The predicted octanol–water partition coefficient (Wildman–Crippen LogP) is 2.75. The van der Waals surface area contributed by atoms with E-state index in [9.17, 15) is 23.1 Å². The van der Waals surface area contributed by atoms with Crippen LogP contribution in [0.3, 0.4) is 0 Å². The van der Waals surface area contributed by atoms with E-state index in [0.717, 1.165) is 31.4 Å². The Morgan fingerprint density at radius 2 is 2.13 bits per heavy atom. The third-order valence-corrected chi connectivity index (χ3v) is 3.84. The molecule has 2 N–H and O–H groups in total. The second-order valence-electron chi connectivity index (χ2n) is 5.80. The number of nitrogens with one attached hydrogen (secondary N) is 1. The van der Waals surface area contributed by atoms with Crippen LogP contribution in [0.25, 0.3) is 0 Å². The molecular formula is C16H20F3NO3. The van der Waals surface area contributed by atoms with Gasteiger partial charge in [-0.25, -0.2) is 0 Å². The van der Waals surface area contributed by atoms with Gasteiger partial charge in [0, 0.05) is 13.0 Å². The molecule has 0 radical (unpaired) electrons. The Kier molecular flexibility index (Phi) is 5.87. The number of alkyl halides is 3. The van der Waals surface area contributed by atoms with Gasteiger partial charge in [0.1, 0.15) is 18.5 Å². The lowest BCUT2D eigenvalue weighted by Gasteiger charge is -2.24. The molecule has 0 aliphatic heterocycles. The molecule has 1 unspecified atom stereocenters. The van der Waals surface area contributed by atoms with Crippen LogP contribution >= 0.6 is 0 Å². The molecule has 1 aromatic carbocycles. The van der Waals surface area contributed by atoms with E-state index < -0.39 is 17.8 Å². The summed E-state index contributed by atoms with van der Waals surface area (Å²) in [5.41, 5.74) is -0.807. The van der Waals surface area contributed by atoms with E-state index in [1.165, 1.54) is 12.1 Å². The quantitative estimate of drug-likeness (QED) is 0.808. The number of amides is 1. The molecule has 7 heteroatoms. The van der Waals surface area contributed by atoms with E-state index >= 15 is 0 Å². The fourth-order valence-electron chi connectivity index (χ4n) is 2.28. The second-order valence-corrected chi connectivity index (χ2v) is 5.80. The van der Waals surface area contributed by atoms with E-state index in [2.05, 4.69) is 5.32 Å². The van der Waals surface area contributed by atoms with E-state index in [4.69, 9.17) is 4.74 Å². The van der Waals surface area contributed by atoms with Crippen molar-refractivity contribution in [1.29, 1.82) is 0 Å². The number of ether oxygens (including phenoxy) is 1. The predicted molar refractivity (Wildman–Crippen MR) is 77.9 cm³/mol. The van der Waals surface area contributed by atoms with Gasteiger partial charge >= 0.3 is 6.18 Å². The first-order valence-electron chi connectivity index (χ1n) is 7.59. The molecule has 1 fully saturated rings. The van der Waals surface area contributed by atoms with Gasteiger partial charge in [-0.15, -0.1) is 0 Å². The Bertz CT molecular complexity index is 530. The van der Waals surface area contributed by atoms with Crippen LogP contribution in [0.5, 0.6) is 5.75 Å². The van der Waals surface area contributed by atoms with Gasteiger partial charge in [-0.3, -0.25) is 4.79 Å². The Morgan fingerprint density at radius 3 is 2.74 bits per heavy atom. The van der Waals surface area contributed by atoms with Gasteiger partial charge in [-0.2, -0.15) is 13.2 Å². The van der Waals surface area contributed by atoms with Crippen LogP contribution in [0.2, 0.25) is 0 Å². The van der Waals surface area contributed by atoms with Crippen molar-refractivity contribution < 1.29 is 27.8 Å². The largest absolute Gasteiger partial charge is 0.491 e. The first-order chi connectivity index (χ1) is 10.8. The van der Waals surface area contributed by atoms with E-state index in [-0.39, 0.29) is 24.8 Å². The minimum Gasteiger partial charge on any atom is -0.491 e. The van der Waals surface area contributed by atoms with Crippen molar-refractivity contribution in [3.8, 4) is 5.75 Å². The average molecular weight is 331 g/mol. The fourth-order valence-corrected chi connectivity index (χ4v) is 2.28. The molecule has 2 rings (SSSR count). The van der Waals surface area contributed by atoms with Gasteiger partial charge in [0.25, 0.3) is 0 Å². The van der Waals surface area contributed by atoms with Crippen molar-refractivity contribution in [2.75, 3.05) is 13.2 Å². The number of halogens is 3. The molecule has 0 saturated heterocycles. The fraction of sp³-hybridized carbons (Fsp3) is 0.562. The first-order valence-corrected chi connectivity index (χ1v) is 7.59. The molecule has 1 amide bonds. The van der Waals surface area contributed by atoms with Crippen molar-refractivity contribution in [3.05, 3.63) is 29.8 Å². The lowest BCUT2D eigenvalue weighted by molar-refractivity contribution is -0.137. The number of benzene rings is 1. The highest BCUT2D eigenvalue weighted by Crippen LogP contribution is 2.31. The third kappa shape index (κ3) is 5.74. The second kappa shape index (κ2) is 7.68. The summed E-state index contributed by atoms with van der Waals surface area (Å²) >= 11 is 0. The summed E-state index contributed by atoms with van der Waals surface area (Å²) in [4.78, 5) is 11.6. The topological polar surface area (TPSA) is 58.6 Å². The summed E-state index contributed by atoms with van der Waals surface area (Å²) in [5.74, 6) is 0.348. The summed E-state index contributed by atoms with van der Waals surface area (Å²) in [5, 5.41) is 12.3. The molecule has 1 aromatic rings. The van der Waals surface area contributed by atoms with Gasteiger partial charge in [0.2, 0.25) is 5.91 Å². The summed E-state index contributed by atoms with van der Waals surface area (Å²) in [6.07, 6.45) is -1.67. The zero-order chi connectivity index (χ0) is 16.9. The number of aliphatic hydroxyl groups excluding tert-OH is 1. The number of aliphatic hydroxyl groups is 1. The number of hydrogen-bond donors (Lipinski definition) is 2. The maximum atomic E-state index is 12.6. The van der Waals surface area contributed by atoms with E-state index in [0.29, 0.717) is 12.3 Å². The van der Waals surface area contributed by atoms with Crippen molar-refractivity contribution in [3.63, 3.8) is 0 Å². The zero-order valence-electron chi connectivity index (χ0n) is 12.6. The van der Waals surface area contributed by atoms with Crippen LogP contribution in [0.15, 0.2) is 24.3 Å². The minimum absolute atomic E-state index is 0.0184. The van der Waals surface area contributed by atoms with Gasteiger partial charge in [-0.1, -0.05) is 12.5 Å². The molecule has 0 heterocycles. The normalized spacial score (nSPS) is 16.5. The standard InChI is InChI=1S/C16H20F3NO3/c17-16(18,19)12-5-2-6-14(8-12)23-10-13(21)9-20-15(22)7-11-3-1-4-11/h2,5-6,8,11,13,21H,1,3-4,7,9-10H2,(H,20,22). The third-order valence-electron chi connectivity index (χ3n) is 3.84. The molecule has 0 aromatic heterocycles. The molecule has 1 aliphatic rings. The molecule has 1 atom stereocenters. The molecular weight excluding hydrogens is 311 g/mol. The first kappa shape index (κ1) is 17.6. The maximum Gasteiger partial charge on any atom is 0.416 e. The van der Waals surface area contributed by atoms with Crippen LogP contribution in [0, 0.1) is 5.92 Å². The van der Waals surface area contributed by atoms with Crippen LogP contribution in [-0.4, -0.2) is 30.3 Å². The highest BCUT2D eigenvalue weighted by Gasteiger charge is 2.30. The Hall–Kier alpha value is -1.76. The Balaban J connectivity index is 1.71. The van der Waals surface area contributed by atoms with Crippen molar-refractivity contribution in [1.82, 2.24) is 5.32 Å². The van der Waals surface area contributed by atoms with Crippen molar-refractivity contribution >= 4 is 5.91 Å². The van der Waals surface area contributed by atoms with E-state index in [1.807, 2.05) is 0 Å². The van der Waals surface area contributed by atoms with Crippen LogP contribution in [0.1, 0.15) is 31.2 Å². The van der Waals surface area contributed by atoms with Crippen LogP contribution < -0.4 is 10.1 Å². The van der Waals surface area contributed by atoms with Gasteiger partial charge in [-0.05, 0) is 37.0 Å². The van der Waals surface area contributed by atoms with E-state index in [1.54, 1.807) is 0 Å². The summed E-state index contributed by atoms with van der Waals surface area (Å²) in [7, 11) is 0. The minimum atomic E-state index is -4.44. The molecule has 0 spiro atoms. The van der Waals surface area contributed by atoms with Gasteiger partial charge < -0.3 is 15.2 Å². The monoisotopic (exact) mass is 331 g/mol. The molecule has 0 bridgehead atoms. The van der Waals surface area contributed by atoms with Crippen LogP contribution in [-0.2, 0) is 11.0 Å². The lowest BCUT2D eigenvalue weighted by Crippen LogP contribution is -2.36. The number of hydrogen-bond acceptors (Lipinski definition) is 3. The van der Waals surface area contributed by atoms with Crippen molar-refractivity contribution in [2.45, 2.75) is 38.0 Å². The number of rotatable bonds is 7. The van der Waals surface area contributed by atoms with Crippen LogP contribution in [0.4, 0.5) is 13.2 Å². The SMILES string of the molecule is O=C(CC1CCC1)NCC(O)COc1cccc(C(F)(F)F)c1. The van der Waals surface area contributed by atoms with Gasteiger partial charge in [0.15, 0.2) is 0 Å². The molecule has 4 nitrogen and oxygen atoms in total. The molecule has 1 aliphatic carbocycles. The highest BCUT2D eigenvalue weighted by molar-refractivity contribution is 5.76. The molecule has 128 valence electrons. The summed E-state index contributed by atoms with van der Waals surface area (Å²) in [6.45, 7) is -0.171. The number of carbonyl (C=O) groups excluding carboxylic acids is 1. The summed E-state index contributed by atoms with van der Waals surface area (Å²) < 4.78 is 42.8.